The van der Waals surface area contributed by atoms with Gasteiger partial charge < -0.3 is 10.2 Å². The van der Waals surface area contributed by atoms with Crippen molar-refractivity contribution in [1.82, 2.24) is 4.90 Å². The molecule has 0 heterocycles. The molecule has 0 radical (unpaired) electrons. The fraction of sp³-hybridized carbons (Fsp3) is 0.500. The molecule has 2 rings (SSSR count). The Balaban J connectivity index is 2.25. The van der Waals surface area contributed by atoms with E-state index in [1.165, 1.54) is 12.8 Å². The first-order valence-corrected chi connectivity index (χ1v) is 7.91. The number of para-hydroxylation sites is 1. The number of carbonyl (C=O) groups is 1. The molecule has 3 heteroatoms. The Hall–Kier alpha value is -1.77. The Morgan fingerprint density at radius 2 is 2.05 bits per heavy atom. The van der Waals surface area contributed by atoms with Gasteiger partial charge in [-0.05, 0) is 38.8 Å². The number of hydrogen-bond donors (Lipinski definition) is 1. The molecule has 1 aromatic rings. The quantitative estimate of drug-likeness (QED) is 0.799. The van der Waals surface area contributed by atoms with Crippen LogP contribution in [0.1, 0.15) is 49.9 Å². The maximum atomic E-state index is 13.0. The normalized spacial score (nSPS) is 15.2. The summed E-state index contributed by atoms with van der Waals surface area (Å²) in [4.78, 5) is 14.9. The van der Waals surface area contributed by atoms with Gasteiger partial charge in [0.15, 0.2) is 0 Å². The average Bonchev–Trinajstić information content (AvgIpc) is 2.98. The van der Waals surface area contributed by atoms with Crippen LogP contribution in [0.2, 0.25) is 0 Å². The van der Waals surface area contributed by atoms with Crippen molar-refractivity contribution in [2.45, 2.75) is 51.6 Å². The maximum Gasteiger partial charge on any atom is 0.256 e. The molecular weight excluding hydrogens is 260 g/mol. The molecule has 0 unspecified atom stereocenters. The van der Waals surface area contributed by atoms with Crippen LogP contribution in [0.5, 0.6) is 0 Å². The van der Waals surface area contributed by atoms with Gasteiger partial charge in [-0.25, -0.2) is 0 Å². The van der Waals surface area contributed by atoms with Crippen molar-refractivity contribution < 1.29 is 4.79 Å². The molecule has 0 spiro atoms. The molecule has 1 aliphatic rings. The molecule has 1 saturated carbocycles. The van der Waals surface area contributed by atoms with E-state index in [4.69, 9.17) is 0 Å². The fourth-order valence-corrected chi connectivity index (χ4v) is 3.01. The molecule has 3 nitrogen and oxygen atoms in total. The average molecular weight is 286 g/mol. The molecule has 1 amide bonds. The second kappa shape index (κ2) is 7.30. The molecule has 0 atom stereocenters. The van der Waals surface area contributed by atoms with Crippen LogP contribution in [-0.2, 0) is 0 Å². The van der Waals surface area contributed by atoms with Gasteiger partial charge in [-0.3, -0.25) is 4.79 Å². The topological polar surface area (TPSA) is 32.3 Å². The number of anilines is 1. The van der Waals surface area contributed by atoms with Gasteiger partial charge in [0.05, 0.1) is 5.56 Å². The second-order valence-electron chi connectivity index (χ2n) is 6.03. The van der Waals surface area contributed by atoms with Gasteiger partial charge in [-0.1, -0.05) is 31.1 Å². The van der Waals surface area contributed by atoms with Gasteiger partial charge in [0.25, 0.3) is 5.91 Å². The van der Waals surface area contributed by atoms with Gasteiger partial charge >= 0.3 is 0 Å². The summed E-state index contributed by atoms with van der Waals surface area (Å²) in [6, 6.07) is 8.46. The highest BCUT2D eigenvalue weighted by Crippen LogP contribution is 2.27. The summed E-state index contributed by atoms with van der Waals surface area (Å²) in [5, 5.41) is 3.37. The number of benzene rings is 1. The van der Waals surface area contributed by atoms with E-state index in [1.807, 2.05) is 35.2 Å². The Kier molecular flexibility index (Phi) is 5.43. The van der Waals surface area contributed by atoms with Crippen LogP contribution in [-0.4, -0.2) is 29.4 Å². The highest BCUT2D eigenvalue weighted by atomic mass is 16.2. The van der Waals surface area contributed by atoms with Crippen molar-refractivity contribution >= 4 is 11.6 Å². The molecular formula is C18H26N2O. The monoisotopic (exact) mass is 286 g/mol. The van der Waals surface area contributed by atoms with Crippen molar-refractivity contribution in [3.05, 3.63) is 42.5 Å². The molecule has 114 valence electrons. The molecule has 1 aromatic carbocycles. The van der Waals surface area contributed by atoms with Crippen LogP contribution < -0.4 is 5.32 Å². The first kappa shape index (κ1) is 15.6. The van der Waals surface area contributed by atoms with Crippen LogP contribution >= 0.6 is 0 Å². The van der Waals surface area contributed by atoms with Gasteiger partial charge in [0, 0.05) is 24.3 Å². The summed E-state index contributed by atoms with van der Waals surface area (Å²) in [5.74, 6) is 0.116. The zero-order valence-corrected chi connectivity index (χ0v) is 13.1. The highest BCUT2D eigenvalue weighted by molar-refractivity contribution is 6.00. The van der Waals surface area contributed by atoms with Crippen LogP contribution in [0.3, 0.4) is 0 Å². The summed E-state index contributed by atoms with van der Waals surface area (Å²) >= 11 is 0. The molecule has 21 heavy (non-hydrogen) atoms. The second-order valence-corrected chi connectivity index (χ2v) is 6.03. The third-order valence-electron chi connectivity index (χ3n) is 3.95. The third-order valence-corrected chi connectivity index (χ3v) is 3.95. The molecule has 0 aromatic heterocycles. The minimum atomic E-state index is 0.116. The van der Waals surface area contributed by atoms with E-state index >= 15 is 0 Å². The van der Waals surface area contributed by atoms with Gasteiger partial charge in [-0.2, -0.15) is 0 Å². The number of nitrogens with one attached hydrogen (secondary N) is 1. The van der Waals surface area contributed by atoms with Crippen molar-refractivity contribution in [1.29, 1.82) is 0 Å². The summed E-state index contributed by atoms with van der Waals surface area (Å²) in [6.07, 6.45) is 6.49. The number of amides is 1. The Labute approximate surface area is 128 Å². The van der Waals surface area contributed by atoms with Gasteiger partial charge in [0.2, 0.25) is 0 Å². The lowest BCUT2D eigenvalue weighted by Crippen LogP contribution is -2.39. The summed E-state index contributed by atoms with van der Waals surface area (Å²) in [6.45, 7) is 8.60. The zero-order chi connectivity index (χ0) is 15.2. The maximum absolute atomic E-state index is 13.0. The Morgan fingerprint density at radius 3 is 2.67 bits per heavy atom. The Bertz CT molecular complexity index is 490. The lowest BCUT2D eigenvalue weighted by molar-refractivity contribution is 0.0707. The van der Waals surface area contributed by atoms with E-state index in [2.05, 4.69) is 25.7 Å². The number of rotatable bonds is 6. The van der Waals surface area contributed by atoms with Crippen molar-refractivity contribution in [3.63, 3.8) is 0 Å². The third kappa shape index (κ3) is 3.87. The van der Waals surface area contributed by atoms with E-state index in [1.54, 1.807) is 0 Å². The molecule has 1 fully saturated rings. The van der Waals surface area contributed by atoms with Crippen molar-refractivity contribution in [3.8, 4) is 0 Å². The molecule has 1 aliphatic carbocycles. The minimum absolute atomic E-state index is 0.116. The van der Waals surface area contributed by atoms with Crippen LogP contribution in [0.4, 0.5) is 5.69 Å². The van der Waals surface area contributed by atoms with E-state index in [0.29, 0.717) is 18.6 Å². The van der Waals surface area contributed by atoms with Crippen LogP contribution in [0, 0.1) is 0 Å². The fourth-order valence-electron chi connectivity index (χ4n) is 3.01. The van der Waals surface area contributed by atoms with Gasteiger partial charge in [-0.15, -0.1) is 6.58 Å². The predicted molar refractivity (Wildman–Crippen MR) is 88.7 cm³/mol. The van der Waals surface area contributed by atoms with E-state index < -0.39 is 0 Å². The van der Waals surface area contributed by atoms with E-state index in [9.17, 15) is 4.79 Å². The lowest BCUT2D eigenvalue weighted by Gasteiger charge is -2.29. The van der Waals surface area contributed by atoms with Crippen molar-refractivity contribution in [2.75, 3.05) is 11.9 Å². The van der Waals surface area contributed by atoms with Gasteiger partial charge in [0.1, 0.15) is 0 Å². The van der Waals surface area contributed by atoms with E-state index in [0.717, 1.165) is 24.1 Å². The number of nitrogens with zero attached hydrogens (tertiary/aromatic N) is 1. The first-order chi connectivity index (χ1) is 10.1. The van der Waals surface area contributed by atoms with E-state index in [-0.39, 0.29) is 5.91 Å². The first-order valence-electron chi connectivity index (χ1n) is 7.91. The summed E-state index contributed by atoms with van der Waals surface area (Å²) in [5.41, 5.74) is 1.68. The molecule has 0 bridgehead atoms. The highest BCUT2D eigenvalue weighted by Gasteiger charge is 2.27. The smallest absolute Gasteiger partial charge is 0.256 e. The SMILES string of the molecule is C=CCN(C(=O)c1ccccc1NC(C)C)C1CCCC1. The standard InChI is InChI=1S/C18H26N2O/c1-4-13-20(15-9-5-6-10-15)18(21)16-11-7-8-12-17(16)19-14(2)3/h4,7-8,11-12,14-15,19H,1,5-6,9-10,13H2,2-3H3. The predicted octanol–water partition coefficient (Wildman–Crippen LogP) is 4.08. The number of carbonyl (C=O) groups excluding carboxylic acids is 1. The van der Waals surface area contributed by atoms with Crippen LogP contribution in [0.25, 0.3) is 0 Å². The summed E-state index contributed by atoms with van der Waals surface area (Å²) in [7, 11) is 0. The summed E-state index contributed by atoms with van der Waals surface area (Å²) < 4.78 is 0. The Morgan fingerprint density at radius 1 is 1.38 bits per heavy atom. The van der Waals surface area contributed by atoms with Crippen LogP contribution in [0.15, 0.2) is 36.9 Å². The zero-order valence-electron chi connectivity index (χ0n) is 13.1. The molecule has 0 saturated heterocycles. The molecule has 0 aliphatic heterocycles. The largest absolute Gasteiger partial charge is 0.382 e. The number of hydrogen-bond acceptors (Lipinski definition) is 2. The molecule has 1 N–H and O–H groups in total. The minimum Gasteiger partial charge on any atom is -0.382 e. The lowest BCUT2D eigenvalue weighted by atomic mass is 10.1. The van der Waals surface area contributed by atoms with Crippen molar-refractivity contribution in [2.24, 2.45) is 0 Å².